The number of ether oxygens (including phenoxy) is 1. The SMILES string of the molecule is C=C1CC(O)(C(F)(F)OC(F)(F)F)N(C(=O)c2ccncc2)N1. The lowest BCUT2D eigenvalue weighted by Gasteiger charge is -2.37. The molecule has 0 bridgehead atoms. The van der Waals surface area contributed by atoms with Gasteiger partial charge >= 0.3 is 12.5 Å². The maximum atomic E-state index is 13.8. The molecule has 23 heavy (non-hydrogen) atoms. The number of hydrogen-bond donors (Lipinski definition) is 2. The molecule has 0 aromatic carbocycles. The molecule has 0 saturated carbocycles. The second kappa shape index (κ2) is 5.42. The van der Waals surface area contributed by atoms with Crippen LogP contribution in [0.4, 0.5) is 22.0 Å². The van der Waals surface area contributed by atoms with Gasteiger partial charge in [-0.2, -0.15) is 8.78 Å². The zero-order chi connectivity index (χ0) is 17.5. The highest BCUT2D eigenvalue weighted by Gasteiger charge is 2.66. The van der Waals surface area contributed by atoms with Gasteiger partial charge in [-0.1, -0.05) is 6.58 Å². The Balaban J connectivity index is 2.38. The molecule has 1 saturated heterocycles. The van der Waals surface area contributed by atoms with Crippen molar-refractivity contribution in [2.45, 2.75) is 24.6 Å². The van der Waals surface area contributed by atoms with E-state index >= 15 is 0 Å². The van der Waals surface area contributed by atoms with Gasteiger partial charge in [-0.15, -0.1) is 13.2 Å². The lowest BCUT2D eigenvalue weighted by molar-refractivity contribution is -0.469. The van der Waals surface area contributed by atoms with Crippen LogP contribution in [0.3, 0.4) is 0 Å². The summed E-state index contributed by atoms with van der Waals surface area (Å²) in [6, 6.07) is 2.27. The van der Waals surface area contributed by atoms with Gasteiger partial charge in [-0.05, 0) is 12.1 Å². The average Bonchev–Trinajstić information content (AvgIpc) is 2.73. The van der Waals surface area contributed by atoms with Crippen LogP contribution in [0.5, 0.6) is 0 Å². The van der Waals surface area contributed by atoms with E-state index in [9.17, 15) is 31.9 Å². The molecule has 1 unspecified atom stereocenters. The Hall–Kier alpha value is -2.27. The first kappa shape index (κ1) is 17.1. The standard InChI is InChI=1S/C12H10F5N3O3/c1-7-6-10(22,11(13,14)23-12(15,16)17)20(19-7)9(21)8-2-4-18-5-3-8/h2-5,19,22H,1,6H2. The van der Waals surface area contributed by atoms with Gasteiger partial charge in [0.25, 0.3) is 11.6 Å². The van der Waals surface area contributed by atoms with Gasteiger partial charge in [0.2, 0.25) is 0 Å². The quantitative estimate of drug-likeness (QED) is 0.821. The third-order valence-electron chi connectivity index (χ3n) is 2.94. The molecule has 1 atom stereocenters. The minimum atomic E-state index is -5.73. The van der Waals surface area contributed by atoms with Crippen molar-refractivity contribution in [3.8, 4) is 0 Å². The molecule has 2 rings (SSSR count). The molecule has 126 valence electrons. The monoisotopic (exact) mass is 339 g/mol. The number of rotatable bonds is 3. The molecular formula is C12H10F5N3O3. The third-order valence-corrected chi connectivity index (χ3v) is 2.94. The molecule has 1 aromatic rings. The zero-order valence-corrected chi connectivity index (χ0v) is 11.3. The zero-order valence-electron chi connectivity index (χ0n) is 11.3. The van der Waals surface area contributed by atoms with Crippen LogP contribution < -0.4 is 5.43 Å². The van der Waals surface area contributed by atoms with Crippen LogP contribution in [-0.4, -0.2) is 39.2 Å². The number of nitrogens with one attached hydrogen (secondary N) is 1. The summed E-state index contributed by atoms with van der Waals surface area (Å²) in [5.74, 6) is -1.21. The van der Waals surface area contributed by atoms with Crippen molar-refractivity contribution in [2.75, 3.05) is 0 Å². The number of aliphatic hydroxyl groups is 1. The van der Waals surface area contributed by atoms with Crippen LogP contribution in [0.15, 0.2) is 36.8 Å². The number of hydrazine groups is 1. The fraction of sp³-hybridized carbons (Fsp3) is 0.333. The number of hydrogen-bond acceptors (Lipinski definition) is 5. The molecule has 1 aromatic heterocycles. The minimum Gasteiger partial charge on any atom is -0.362 e. The number of aromatic nitrogens is 1. The van der Waals surface area contributed by atoms with Crippen molar-refractivity contribution in [1.82, 2.24) is 15.4 Å². The fourth-order valence-corrected chi connectivity index (χ4v) is 1.97. The van der Waals surface area contributed by atoms with Crippen LogP contribution >= 0.6 is 0 Å². The largest absolute Gasteiger partial charge is 0.527 e. The van der Waals surface area contributed by atoms with E-state index in [1.54, 1.807) is 0 Å². The maximum Gasteiger partial charge on any atom is 0.527 e. The van der Waals surface area contributed by atoms with E-state index < -0.39 is 30.5 Å². The van der Waals surface area contributed by atoms with Crippen molar-refractivity contribution >= 4 is 5.91 Å². The summed E-state index contributed by atoms with van der Waals surface area (Å²) in [5, 5.41) is 9.99. The second-order valence-corrected chi connectivity index (χ2v) is 4.65. The van der Waals surface area contributed by atoms with E-state index in [4.69, 9.17) is 0 Å². The fourth-order valence-electron chi connectivity index (χ4n) is 1.97. The van der Waals surface area contributed by atoms with E-state index in [0.29, 0.717) is 0 Å². The van der Waals surface area contributed by atoms with Gasteiger partial charge < -0.3 is 5.11 Å². The lowest BCUT2D eigenvalue weighted by atomic mass is 10.1. The second-order valence-electron chi connectivity index (χ2n) is 4.65. The first-order valence-corrected chi connectivity index (χ1v) is 6.02. The predicted molar refractivity (Wildman–Crippen MR) is 64.3 cm³/mol. The summed E-state index contributed by atoms with van der Waals surface area (Å²) in [5.41, 5.74) is -2.07. The van der Waals surface area contributed by atoms with E-state index in [1.165, 1.54) is 12.4 Å². The Morgan fingerprint density at radius 3 is 2.43 bits per heavy atom. The Labute approximate surface area is 126 Å². The summed E-state index contributed by atoms with van der Waals surface area (Å²) >= 11 is 0. The number of alkyl halides is 5. The molecule has 11 heteroatoms. The van der Waals surface area contributed by atoms with Crippen molar-refractivity contribution < 1.29 is 36.6 Å². The summed E-state index contributed by atoms with van der Waals surface area (Å²) in [6.07, 6.45) is -9.59. The van der Waals surface area contributed by atoms with Crippen molar-refractivity contribution in [3.05, 3.63) is 42.4 Å². The smallest absolute Gasteiger partial charge is 0.362 e. The third kappa shape index (κ3) is 3.24. The molecular weight excluding hydrogens is 329 g/mol. The molecule has 1 aliphatic rings. The number of carbonyl (C=O) groups excluding carboxylic acids is 1. The van der Waals surface area contributed by atoms with E-state index in [0.717, 1.165) is 12.1 Å². The Kier molecular flexibility index (Phi) is 4.03. The summed E-state index contributed by atoms with van der Waals surface area (Å²) < 4.78 is 66.8. The number of carbonyl (C=O) groups is 1. The molecule has 2 N–H and O–H groups in total. The molecule has 0 aliphatic carbocycles. The molecule has 0 spiro atoms. The molecule has 1 amide bonds. The van der Waals surface area contributed by atoms with Crippen molar-refractivity contribution in [1.29, 1.82) is 0 Å². The van der Waals surface area contributed by atoms with Crippen molar-refractivity contribution in [3.63, 3.8) is 0 Å². The number of nitrogens with zero attached hydrogens (tertiary/aromatic N) is 2. The summed E-state index contributed by atoms with van der Waals surface area (Å²) in [6.45, 7) is 3.24. The lowest BCUT2D eigenvalue weighted by Crippen LogP contribution is -2.63. The Morgan fingerprint density at radius 1 is 1.35 bits per heavy atom. The summed E-state index contributed by atoms with van der Waals surface area (Å²) in [4.78, 5) is 15.8. The molecule has 6 nitrogen and oxygen atoms in total. The molecule has 2 heterocycles. The predicted octanol–water partition coefficient (Wildman–Crippen LogP) is 1.76. The topological polar surface area (TPSA) is 74.7 Å². The highest BCUT2D eigenvalue weighted by atomic mass is 19.4. The first-order chi connectivity index (χ1) is 10.5. The van der Waals surface area contributed by atoms with Gasteiger partial charge in [0, 0.05) is 30.1 Å². The van der Waals surface area contributed by atoms with Crippen LogP contribution in [-0.2, 0) is 4.74 Å². The number of pyridine rings is 1. The van der Waals surface area contributed by atoms with Crippen LogP contribution in [0, 0.1) is 0 Å². The van der Waals surface area contributed by atoms with Gasteiger partial charge in [-0.3, -0.25) is 15.2 Å². The van der Waals surface area contributed by atoms with Gasteiger partial charge in [0.1, 0.15) is 0 Å². The van der Waals surface area contributed by atoms with Crippen LogP contribution in [0.1, 0.15) is 16.8 Å². The Morgan fingerprint density at radius 2 is 1.91 bits per heavy atom. The minimum absolute atomic E-state index is 0.0452. The summed E-state index contributed by atoms with van der Waals surface area (Å²) in [7, 11) is 0. The van der Waals surface area contributed by atoms with Crippen LogP contribution in [0.2, 0.25) is 0 Å². The van der Waals surface area contributed by atoms with E-state index in [1.807, 2.05) is 5.43 Å². The highest BCUT2D eigenvalue weighted by molar-refractivity contribution is 5.94. The maximum absolute atomic E-state index is 13.8. The van der Waals surface area contributed by atoms with E-state index in [2.05, 4.69) is 16.3 Å². The molecule has 1 aliphatic heterocycles. The van der Waals surface area contributed by atoms with E-state index in [-0.39, 0.29) is 16.3 Å². The Bertz CT molecular complexity index is 622. The van der Waals surface area contributed by atoms with Gasteiger partial charge in [-0.25, -0.2) is 9.75 Å². The molecule has 0 radical (unpaired) electrons. The van der Waals surface area contributed by atoms with Crippen molar-refractivity contribution in [2.24, 2.45) is 0 Å². The normalized spacial score (nSPS) is 22.2. The number of halogens is 5. The van der Waals surface area contributed by atoms with Crippen LogP contribution in [0.25, 0.3) is 0 Å². The first-order valence-electron chi connectivity index (χ1n) is 6.02. The molecule has 1 fully saturated rings. The van der Waals surface area contributed by atoms with Gasteiger partial charge in [0.05, 0.1) is 0 Å². The highest BCUT2D eigenvalue weighted by Crippen LogP contribution is 2.44. The van der Waals surface area contributed by atoms with Gasteiger partial charge in [0.15, 0.2) is 0 Å². The average molecular weight is 339 g/mol. The number of amides is 1.